The minimum absolute atomic E-state index is 0.00538. The van der Waals surface area contributed by atoms with Gasteiger partial charge in [-0.05, 0) is 59.9 Å². The Kier molecular flexibility index (Phi) is 6.79. The molecule has 1 unspecified atom stereocenters. The Morgan fingerprint density at radius 1 is 1.03 bits per heavy atom. The molecule has 0 saturated heterocycles. The number of thiophene rings is 1. The summed E-state index contributed by atoms with van der Waals surface area (Å²) in [6.07, 6.45) is 2.76. The summed E-state index contributed by atoms with van der Waals surface area (Å²) in [5.74, 6) is -0.0964. The van der Waals surface area contributed by atoms with Crippen LogP contribution in [-0.2, 0) is 27.4 Å². The first kappa shape index (κ1) is 22.8. The summed E-state index contributed by atoms with van der Waals surface area (Å²) >= 11 is 1.77. The minimum atomic E-state index is -0.104. The van der Waals surface area contributed by atoms with Gasteiger partial charge in [-0.2, -0.15) is 0 Å². The van der Waals surface area contributed by atoms with Crippen molar-refractivity contribution in [1.82, 2.24) is 9.80 Å². The van der Waals surface area contributed by atoms with E-state index in [0.717, 1.165) is 30.4 Å². The summed E-state index contributed by atoms with van der Waals surface area (Å²) < 4.78 is 5.69. The van der Waals surface area contributed by atoms with Crippen LogP contribution in [0.3, 0.4) is 0 Å². The summed E-state index contributed by atoms with van der Waals surface area (Å²) in [5, 5.41) is 2.12. The molecule has 2 heterocycles. The first-order chi connectivity index (χ1) is 16.6. The number of aryl methyl sites for hydroxylation is 1. The van der Waals surface area contributed by atoms with Crippen LogP contribution < -0.4 is 0 Å². The van der Waals surface area contributed by atoms with Crippen LogP contribution in [0.4, 0.5) is 0 Å². The molecule has 0 radical (unpaired) electrons. The second kappa shape index (κ2) is 10.1. The van der Waals surface area contributed by atoms with Gasteiger partial charge >= 0.3 is 0 Å². The highest BCUT2D eigenvalue weighted by Crippen LogP contribution is 2.39. The lowest BCUT2D eigenvalue weighted by Gasteiger charge is -2.38. The van der Waals surface area contributed by atoms with Gasteiger partial charge in [-0.25, -0.2) is 0 Å². The zero-order valence-corrected chi connectivity index (χ0v) is 20.3. The molecule has 6 heteroatoms. The van der Waals surface area contributed by atoms with Gasteiger partial charge in [-0.15, -0.1) is 11.3 Å². The lowest BCUT2D eigenvalue weighted by atomic mass is 9.90. The molecule has 1 aliphatic carbocycles. The number of hydrogen-bond donors (Lipinski definition) is 0. The number of nitrogens with zero attached hydrogens (tertiary/aromatic N) is 2. The largest absolute Gasteiger partial charge is 0.367 e. The van der Waals surface area contributed by atoms with E-state index in [1.165, 1.54) is 16.0 Å². The van der Waals surface area contributed by atoms with Crippen molar-refractivity contribution in [2.75, 3.05) is 19.7 Å². The van der Waals surface area contributed by atoms with Gasteiger partial charge in [-0.1, -0.05) is 54.6 Å². The number of ether oxygens (including phenoxy) is 1. The summed E-state index contributed by atoms with van der Waals surface area (Å²) in [7, 11) is 0. The van der Waals surface area contributed by atoms with Gasteiger partial charge in [-0.3, -0.25) is 9.59 Å². The second-order valence-electron chi connectivity index (χ2n) is 9.13. The van der Waals surface area contributed by atoms with Crippen molar-refractivity contribution in [3.05, 3.63) is 93.2 Å². The second-order valence-corrected chi connectivity index (χ2v) is 10.1. The fraction of sp³-hybridized carbons (Fsp3) is 0.357. The van der Waals surface area contributed by atoms with Crippen molar-refractivity contribution < 1.29 is 14.3 Å². The topological polar surface area (TPSA) is 49.9 Å². The predicted octanol–water partition coefficient (Wildman–Crippen LogP) is 4.74. The molecule has 5 rings (SSSR count). The van der Waals surface area contributed by atoms with E-state index in [0.29, 0.717) is 13.2 Å². The molecule has 1 aliphatic heterocycles. The van der Waals surface area contributed by atoms with Gasteiger partial charge in [0, 0.05) is 17.5 Å². The van der Waals surface area contributed by atoms with Gasteiger partial charge < -0.3 is 14.5 Å². The number of carbonyl (C=O) groups excluding carboxylic acids is 2. The van der Waals surface area contributed by atoms with E-state index in [4.69, 9.17) is 4.74 Å². The van der Waals surface area contributed by atoms with E-state index in [2.05, 4.69) is 30.5 Å². The molecule has 1 atom stereocenters. The van der Waals surface area contributed by atoms with Gasteiger partial charge in [0.25, 0.3) is 0 Å². The fourth-order valence-electron chi connectivity index (χ4n) is 4.77. The molecule has 34 heavy (non-hydrogen) atoms. The summed E-state index contributed by atoms with van der Waals surface area (Å²) in [5.41, 5.74) is 4.58. The molecule has 176 valence electrons. The third kappa shape index (κ3) is 4.93. The molecule has 0 spiro atoms. The molecule has 1 saturated carbocycles. The third-order valence-electron chi connectivity index (χ3n) is 6.72. The molecule has 3 aromatic rings. The lowest BCUT2D eigenvalue weighted by molar-refractivity contribution is -0.145. The van der Waals surface area contributed by atoms with Crippen LogP contribution in [0.1, 0.15) is 46.0 Å². The molecule has 0 bridgehead atoms. The SMILES string of the molecule is Cc1ccccc1C1c2ccsc2CCN1C(=O)CN(C(=O)COCc1ccccc1)C1CC1. The Bertz CT molecular complexity index is 1160. The molecular weight excluding hydrogens is 444 g/mol. The fourth-order valence-corrected chi connectivity index (χ4v) is 5.67. The molecule has 0 N–H and O–H groups in total. The van der Waals surface area contributed by atoms with Gasteiger partial charge in [0.1, 0.15) is 13.2 Å². The average Bonchev–Trinajstić information content (AvgIpc) is 3.58. The van der Waals surface area contributed by atoms with Crippen molar-refractivity contribution in [3.8, 4) is 0 Å². The van der Waals surface area contributed by atoms with Crippen LogP contribution in [0.2, 0.25) is 0 Å². The highest BCUT2D eigenvalue weighted by Gasteiger charge is 2.38. The average molecular weight is 475 g/mol. The predicted molar refractivity (Wildman–Crippen MR) is 134 cm³/mol. The first-order valence-electron chi connectivity index (χ1n) is 11.9. The Balaban J connectivity index is 1.30. The van der Waals surface area contributed by atoms with E-state index >= 15 is 0 Å². The standard InChI is InChI=1S/C28H30N2O3S/c1-20-7-5-6-10-23(20)28-24-14-16-34-25(24)13-15-29(28)26(31)17-30(22-11-12-22)27(32)19-33-18-21-8-3-2-4-9-21/h2-10,14,16,22,28H,11-13,15,17-19H2,1H3. The van der Waals surface area contributed by atoms with Crippen LogP contribution in [0.5, 0.6) is 0 Å². The van der Waals surface area contributed by atoms with Crippen LogP contribution in [-0.4, -0.2) is 47.4 Å². The molecular formula is C28H30N2O3S. The van der Waals surface area contributed by atoms with Crippen molar-refractivity contribution >= 4 is 23.2 Å². The van der Waals surface area contributed by atoms with E-state index in [-0.39, 0.29) is 37.0 Å². The van der Waals surface area contributed by atoms with Gasteiger partial charge in [0.05, 0.1) is 12.6 Å². The quantitative estimate of drug-likeness (QED) is 0.474. The Morgan fingerprint density at radius 2 is 1.79 bits per heavy atom. The van der Waals surface area contributed by atoms with Crippen LogP contribution in [0, 0.1) is 6.92 Å². The lowest BCUT2D eigenvalue weighted by Crippen LogP contribution is -2.48. The first-order valence-corrected chi connectivity index (χ1v) is 12.8. The number of hydrogen-bond acceptors (Lipinski definition) is 4. The molecule has 2 aliphatic rings. The maximum absolute atomic E-state index is 13.7. The Hall–Kier alpha value is -2.96. The Labute approximate surface area is 205 Å². The number of amides is 2. The third-order valence-corrected chi connectivity index (χ3v) is 7.72. The minimum Gasteiger partial charge on any atom is -0.367 e. The van der Waals surface area contributed by atoms with Crippen LogP contribution in [0.15, 0.2) is 66.0 Å². The van der Waals surface area contributed by atoms with Crippen molar-refractivity contribution in [3.63, 3.8) is 0 Å². The summed E-state index contributed by atoms with van der Waals surface area (Å²) in [4.78, 5) is 31.8. The molecule has 2 aromatic carbocycles. The monoisotopic (exact) mass is 474 g/mol. The van der Waals surface area contributed by atoms with Crippen LogP contribution >= 0.6 is 11.3 Å². The molecule has 2 amide bonds. The highest BCUT2D eigenvalue weighted by molar-refractivity contribution is 7.10. The number of carbonyl (C=O) groups is 2. The molecule has 5 nitrogen and oxygen atoms in total. The van der Waals surface area contributed by atoms with E-state index in [9.17, 15) is 9.59 Å². The van der Waals surface area contributed by atoms with Crippen LogP contribution in [0.25, 0.3) is 0 Å². The van der Waals surface area contributed by atoms with E-state index in [1.807, 2.05) is 47.4 Å². The van der Waals surface area contributed by atoms with Crippen molar-refractivity contribution in [2.45, 2.75) is 44.9 Å². The zero-order chi connectivity index (χ0) is 23.5. The smallest absolute Gasteiger partial charge is 0.249 e. The maximum atomic E-state index is 13.7. The van der Waals surface area contributed by atoms with Gasteiger partial charge in [0.2, 0.25) is 11.8 Å². The summed E-state index contributed by atoms with van der Waals surface area (Å²) in [6.45, 7) is 3.27. The molecule has 1 fully saturated rings. The molecule has 1 aromatic heterocycles. The van der Waals surface area contributed by atoms with Crippen molar-refractivity contribution in [1.29, 1.82) is 0 Å². The van der Waals surface area contributed by atoms with Gasteiger partial charge in [0.15, 0.2) is 0 Å². The number of rotatable bonds is 8. The maximum Gasteiger partial charge on any atom is 0.249 e. The number of fused-ring (bicyclic) bond motifs is 1. The van der Waals surface area contributed by atoms with Crippen molar-refractivity contribution in [2.24, 2.45) is 0 Å². The zero-order valence-electron chi connectivity index (χ0n) is 19.5. The Morgan fingerprint density at radius 3 is 2.56 bits per heavy atom. The van der Waals surface area contributed by atoms with E-state index < -0.39 is 0 Å². The number of benzene rings is 2. The summed E-state index contributed by atoms with van der Waals surface area (Å²) in [6, 6.07) is 20.3. The normalized spacial score (nSPS) is 17.3. The highest BCUT2D eigenvalue weighted by atomic mass is 32.1. The van der Waals surface area contributed by atoms with E-state index in [1.54, 1.807) is 16.2 Å².